The number of hydrogen-bond acceptors (Lipinski definition) is 5. The van der Waals surface area contributed by atoms with Crippen LogP contribution in [0.15, 0.2) is 29.4 Å². The van der Waals surface area contributed by atoms with Crippen molar-refractivity contribution in [2.75, 3.05) is 26.3 Å². The molecule has 0 radical (unpaired) electrons. The number of ether oxygens (including phenoxy) is 2. The van der Waals surface area contributed by atoms with Gasteiger partial charge in [-0.2, -0.15) is 18.2 Å². The SMILES string of the molecule is CC(C)(C)c1cn(C[C@H]2CCCO2)/c(=N/C(=O)c2cc(C(F)(F)F)ccc2OC[C@H]2CCNC2)s1. The van der Waals surface area contributed by atoms with Gasteiger partial charge in [0.2, 0.25) is 0 Å². The summed E-state index contributed by atoms with van der Waals surface area (Å²) in [5.41, 5.74) is -1.25. The lowest BCUT2D eigenvalue weighted by Gasteiger charge is -2.15. The average Bonchev–Trinajstić information content (AvgIpc) is 3.54. The van der Waals surface area contributed by atoms with Crippen LogP contribution in [0.2, 0.25) is 0 Å². The lowest BCUT2D eigenvalue weighted by Crippen LogP contribution is -2.24. The standard InChI is InChI=1S/C25H32F3N3O3S/c1-24(2,3)21-14-31(13-18-5-4-10-33-18)23(35-21)30-22(32)19-11-17(25(26,27)28)6-7-20(19)34-15-16-8-9-29-12-16/h6-7,11,14,16,18,29H,4-5,8-10,12-13,15H2,1-3H3/b30-23-/t16-,18+/m0/s1. The Balaban J connectivity index is 1.69. The second kappa shape index (κ2) is 10.4. The van der Waals surface area contributed by atoms with Gasteiger partial charge in [-0.1, -0.05) is 20.8 Å². The lowest BCUT2D eigenvalue weighted by atomic mass is 9.95. The summed E-state index contributed by atoms with van der Waals surface area (Å²) in [6.45, 7) is 9.43. The maximum absolute atomic E-state index is 13.4. The minimum absolute atomic E-state index is 0.0268. The summed E-state index contributed by atoms with van der Waals surface area (Å²) in [5, 5.41) is 3.23. The lowest BCUT2D eigenvalue weighted by molar-refractivity contribution is -0.137. The normalized spacial score (nSPS) is 21.6. The molecule has 0 aliphatic carbocycles. The number of benzene rings is 1. The predicted molar refractivity (Wildman–Crippen MR) is 128 cm³/mol. The van der Waals surface area contributed by atoms with Gasteiger partial charge in [0.1, 0.15) is 5.75 Å². The minimum atomic E-state index is -4.58. The molecule has 2 aliphatic rings. The van der Waals surface area contributed by atoms with E-state index in [9.17, 15) is 18.0 Å². The zero-order chi connectivity index (χ0) is 25.2. The van der Waals surface area contributed by atoms with Crippen LogP contribution >= 0.6 is 11.3 Å². The summed E-state index contributed by atoms with van der Waals surface area (Å²) in [5.74, 6) is -0.381. The van der Waals surface area contributed by atoms with Crippen LogP contribution in [0.25, 0.3) is 0 Å². The Labute approximate surface area is 207 Å². The van der Waals surface area contributed by atoms with E-state index in [0.717, 1.165) is 49.4 Å². The first-order chi connectivity index (χ1) is 16.5. The van der Waals surface area contributed by atoms with Crippen molar-refractivity contribution in [1.82, 2.24) is 9.88 Å². The number of carbonyl (C=O) groups excluding carboxylic acids is 1. The highest BCUT2D eigenvalue weighted by Crippen LogP contribution is 2.33. The highest BCUT2D eigenvalue weighted by molar-refractivity contribution is 7.09. The van der Waals surface area contributed by atoms with Crippen LogP contribution in [0.3, 0.4) is 0 Å². The number of amides is 1. The van der Waals surface area contributed by atoms with E-state index in [1.807, 2.05) is 10.8 Å². The van der Waals surface area contributed by atoms with E-state index in [2.05, 4.69) is 31.1 Å². The molecule has 35 heavy (non-hydrogen) atoms. The number of aromatic nitrogens is 1. The van der Waals surface area contributed by atoms with Crippen LogP contribution in [-0.4, -0.2) is 42.9 Å². The molecule has 6 nitrogen and oxygen atoms in total. The van der Waals surface area contributed by atoms with E-state index in [1.165, 1.54) is 17.4 Å². The molecule has 4 rings (SSSR count). The van der Waals surface area contributed by atoms with Crippen molar-refractivity contribution in [2.45, 2.75) is 64.3 Å². The Hall–Kier alpha value is -2.17. The largest absolute Gasteiger partial charge is 0.492 e. The highest BCUT2D eigenvalue weighted by atomic mass is 32.1. The van der Waals surface area contributed by atoms with Gasteiger partial charge in [-0.15, -0.1) is 11.3 Å². The van der Waals surface area contributed by atoms with Crippen LogP contribution < -0.4 is 14.9 Å². The van der Waals surface area contributed by atoms with Crippen molar-refractivity contribution >= 4 is 17.2 Å². The summed E-state index contributed by atoms with van der Waals surface area (Å²) in [7, 11) is 0. The van der Waals surface area contributed by atoms with Gasteiger partial charge in [-0.3, -0.25) is 4.79 Å². The minimum Gasteiger partial charge on any atom is -0.492 e. The fourth-order valence-corrected chi connectivity index (χ4v) is 5.22. The number of carbonyl (C=O) groups is 1. The van der Waals surface area contributed by atoms with Gasteiger partial charge in [0.25, 0.3) is 5.91 Å². The zero-order valence-electron chi connectivity index (χ0n) is 20.3. The zero-order valence-corrected chi connectivity index (χ0v) is 21.1. The molecule has 0 bridgehead atoms. The van der Waals surface area contributed by atoms with Gasteiger partial charge in [0, 0.05) is 30.1 Å². The van der Waals surface area contributed by atoms with Gasteiger partial charge in [-0.25, -0.2) is 0 Å². The molecule has 2 fully saturated rings. The van der Waals surface area contributed by atoms with Gasteiger partial charge in [-0.05, 0) is 49.4 Å². The van der Waals surface area contributed by atoms with Gasteiger partial charge in [0.05, 0.1) is 30.4 Å². The Morgan fingerprint density at radius 1 is 1.29 bits per heavy atom. The van der Waals surface area contributed by atoms with Crippen LogP contribution in [0.1, 0.15) is 60.8 Å². The quantitative estimate of drug-likeness (QED) is 0.607. The van der Waals surface area contributed by atoms with Crippen LogP contribution in [0.4, 0.5) is 13.2 Å². The van der Waals surface area contributed by atoms with Gasteiger partial charge in [0.15, 0.2) is 4.80 Å². The van der Waals surface area contributed by atoms with Gasteiger partial charge >= 0.3 is 6.18 Å². The molecule has 0 spiro atoms. The molecule has 10 heteroatoms. The third-order valence-electron chi connectivity index (χ3n) is 6.25. The second-order valence-electron chi connectivity index (χ2n) is 10.2. The molecule has 1 N–H and O–H groups in total. The Morgan fingerprint density at radius 2 is 2.09 bits per heavy atom. The number of nitrogens with one attached hydrogen (secondary N) is 1. The summed E-state index contributed by atoms with van der Waals surface area (Å²) in [4.78, 5) is 19.1. The number of alkyl halides is 3. The molecule has 1 aromatic carbocycles. The van der Waals surface area contributed by atoms with E-state index in [1.54, 1.807) is 0 Å². The number of rotatable bonds is 6. The molecule has 192 valence electrons. The van der Waals surface area contributed by atoms with Crippen molar-refractivity contribution in [3.05, 3.63) is 45.2 Å². The van der Waals surface area contributed by atoms with E-state index in [0.29, 0.717) is 24.6 Å². The number of nitrogens with zero attached hydrogens (tertiary/aromatic N) is 2. The monoisotopic (exact) mass is 511 g/mol. The van der Waals surface area contributed by atoms with Crippen molar-refractivity contribution in [2.24, 2.45) is 10.9 Å². The topological polar surface area (TPSA) is 64.9 Å². The second-order valence-corrected chi connectivity index (χ2v) is 11.2. The first-order valence-electron chi connectivity index (χ1n) is 12.0. The van der Waals surface area contributed by atoms with Crippen LogP contribution in [0, 0.1) is 5.92 Å². The van der Waals surface area contributed by atoms with E-state index < -0.39 is 17.6 Å². The maximum Gasteiger partial charge on any atom is 0.416 e. The van der Waals surface area contributed by atoms with E-state index in [-0.39, 0.29) is 28.7 Å². The fourth-order valence-electron chi connectivity index (χ4n) is 4.16. The number of hydrogen-bond donors (Lipinski definition) is 1. The fraction of sp³-hybridized carbons (Fsp3) is 0.600. The molecule has 2 atom stereocenters. The summed E-state index contributed by atoms with van der Waals surface area (Å²) in [6, 6.07) is 3.01. The first-order valence-corrected chi connectivity index (χ1v) is 12.8. The summed E-state index contributed by atoms with van der Waals surface area (Å²) < 4.78 is 53.8. The smallest absolute Gasteiger partial charge is 0.416 e. The summed E-state index contributed by atoms with van der Waals surface area (Å²) >= 11 is 1.37. The number of thiazole rings is 1. The summed E-state index contributed by atoms with van der Waals surface area (Å²) in [6.07, 6.45) is 0.235. The van der Waals surface area contributed by atoms with E-state index >= 15 is 0 Å². The molecule has 2 aromatic rings. The Morgan fingerprint density at radius 3 is 2.71 bits per heavy atom. The Bertz CT molecular complexity index is 1110. The first kappa shape index (κ1) is 25.9. The third kappa shape index (κ3) is 6.54. The van der Waals surface area contributed by atoms with Crippen molar-refractivity contribution < 1.29 is 27.4 Å². The molecule has 0 saturated carbocycles. The molecule has 1 aromatic heterocycles. The molecule has 3 heterocycles. The molecule has 2 aliphatic heterocycles. The highest BCUT2D eigenvalue weighted by Gasteiger charge is 2.32. The molecule has 2 saturated heterocycles. The predicted octanol–water partition coefficient (Wildman–Crippen LogP) is 4.77. The Kier molecular flexibility index (Phi) is 7.73. The molecule has 1 amide bonds. The molecule has 0 unspecified atom stereocenters. The van der Waals surface area contributed by atoms with Crippen molar-refractivity contribution in [1.29, 1.82) is 0 Å². The van der Waals surface area contributed by atoms with Crippen molar-refractivity contribution in [3.63, 3.8) is 0 Å². The molecular weight excluding hydrogens is 479 g/mol. The van der Waals surface area contributed by atoms with Crippen LogP contribution in [0.5, 0.6) is 5.75 Å². The van der Waals surface area contributed by atoms with E-state index in [4.69, 9.17) is 9.47 Å². The molecular formula is C25H32F3N3O3S. The van der Waals surface area contributed by atoms with Crippen molar-refractivity contribution in [3.8, 4) is 5.75 Å². The average molecular weight is 512 g/mol. The maximum atomic E-state index is 13.4. The van der Waals surface area contributed by atoms with Gasteiger partial charge < -0.3 is 19.4 Å². The van der Waals surface area contributed by atoms with Crippen LogP contribution in [-0.2, 0) is 22.9 Å². The number of halogens is 3. The third-order valence-corrected chi connectivity index (χ3v) is 7.70.